The first-order chi connectivity index (χ1) is 8.17. The Bertz CT molecular complexity index is 379. The molecule has 0 spiro atoms. The van der Waals surface area contributed by atoms with Crippen molar-refractivity contribution in [3.05, 3.63) is 42.0 Å². The Morgan fingerprint density at radius 2 is 2.00 bits per heavy atom. The Balaban J connectivity index is 2.46. The van der Waals surface area contributed by atoms with Gasteiger partial charge in [-0.2, -0.15) is 0 Å². The third kappa shape index (κ3) is 4.41. The number of methoxy groups -OCH3 is 1. The lowest BCUT2D eigenvalue weighted by Crippen LogP contribution is -2.18. The molecule has 0 unspecified atom stereocenters. The van der Waals surface area contributed by atoms with Gasteiger partial charge in [0.2, 0.25) is 0 Å². The van der Waals surface area contributed by atoms with E-state index >= 15 is 0 Å². The van der Waals surface area contributed by atoms with Gasteiger partial charge in [-0.15, -0.1) is 0 Å². The summed E-state index contributed by atoms with van der Waals surface area (Å²) in [7, 11) is 1.63. The Morgan fingerprint density at radius 3 is 2.53 bits per heavy atom. The van der Waals surface area contributed by atoms with Crippen molar-refractivity contribution in [1.82, 2.24) is 0 Å². The molecule has 0 fully saturated rings. The van der Waals surface area contributed by atoms with E-state index in [-0.39, 0.29) is 5.78 Å². The maximum absolute atomic E-state index is 11.4. The first-order valence-corrected chi connectivity index (χ1v) is 5.58. The topological polar surface area (TPSA) is 35.5 Å². The molecule has 0 heterocycles. The number of rotatable bonds is 6. The highest BCUT2D eigenvalue weighted by atomic mass is 16.5. The molecule has 0 amide bonds. The number of ketones is 1. The molecule has 3 nitrogen and oxygen atoms in total. The van der Waals surface area contributed by atoms with Crippen molar-refractivity contribution in [2.75, 3.05) is 7.11 Å². The monoisotopic (exact) mass is 234 g/mol. The summed E-state index contributed by atoms with van der Waals surface area (Å²) in [5, 5.41) is 0. The van der Waals surface area contributed by atoms with Crippen LogP contribution in [0.15, 0.2) is 36.4 Å². The Hall–Kier alpha value is -1.61. The average molecular weight is 234 g/mol. The first kappa shape index (κ1) is 13.5. The Labute approximate surface area is 102 Å². The van der Waals surface area contributed by atoms with Crippen molar-refractivity contribution in [1.29, 1.82) is 0 Å². The van der Waals surface area contributed by atoms with Crippen LogP contribution in [0, 0.1) is 0 Å². The second kappa shape index (κ2) is 6.86. The molecule has 0 radical (unpaired) electrons. The highest BCUT2D eigenvalue weighted by molar-refractivity contribution is 5.93. The number of allylic oxidation sites excluding steroid dienone is 1. The molecule has 0 aliphatic heterocycles. The second-order valence-corrected chi connectivity index (χ2v) is 3.70. The molecule has 0 bridgehead atoms. The summed E-state index contributed by atoms with van der Waals surface area (Å²) in [5.41, 5.74) is 1.02. The summed E-state index contributed by atoms with van der Waals surface area (Å²) in [4.78, 5) is 11.4. The number of ether oxygens (including phenoxy) is 2. The molecule has 0 aliphatic rings. The van der Waals surface area contributed by atoms with Crippen molar-refractivity contribution in [2.24, 2.45) is 0 Å². The van der Waals surface area contributed by atoms with Gasteiger partial charge in [0.05, 0.1) is 13.7 Å². The molecule has 1 aromatic carbocycles. The third-order valence-electron chi connectivity index (χ3n) is 2.39. The van der Waals surface area contributed by atoms with Crippen LogP contribution in [0.5, 0.6) is 5.75 Å². The zero-order chi connectivity index (χ0) is 12.7. The highest BCUT2D eigenvalue weighted by Crippen LogP contribution is 2.12. The van der Waals surface area contributed by atoms with Crippen molar-refractivity contribution in [2.45, 2.75) is 26.6 Å². The summed E-state index contributed by atoms with van der Waals surface area (Å²) in [6, 6.07) is 7.59. The fourth-order valence-corrected chi connectivity index (χ4v) is 1.32. The van der Waals surface area contributed by atoms with Crippen molar-refractivity contribution < 1.29 is 14.3 Å². The van der Waals surface area contributed by atoms with Crippen LogP contribution in [-0.4, -0.2) is 19.0 Å². The van der Waals surface area contributed by atoms with E-state index < -0.39 is 6.10 Å². The number of carbonyl (C=O) groups is 1. The van der Waals surface area contributed by atoms with Gasteiger partial charge < -0.3 is 9.47 Å². The van der Waals surface area contributed by atoms with Gasteiger partial charge in [-0.05, 0) is 37.6 Å². The molecule has 0 aliphatic carbocycles. The van der Waals surface area contributed by atoms with E-state index in [0.717, 1.165) is 11.3 Å². The fraction of sp³-hybridized carbons (Fsp3) is 0.357. The molecule has 3 heteroatoms. The van der Waals surface area contributed by atoms with Crippen molar-refractivity contribution in [3.63, 3.8) is 0 Å². The maximum Gasteiger partial charge on any atom is 0.183 e. The minimum absolute atomic E-state index is 0.0130. The molecule has 1 atom stereocenters. The lowest BCUT2D eigenvalue weighted by Gasteiger charge is -2.10. The molecule has 0 aromatic heterocycles. The molecule has 17 heavy (non-hydrogen) atoms. The fourth-order valence-electron chi connectivity index (χ4n) is 1.32. The third-order valence-corrected chi connectivity index (χ3v) is 2.39. The van der Waals surface area contributed by atoms with E-state index in [1.807, 2.05) is 31.2 Å². The van der Waals surface area contributed by atoms with Gasteiger partial charge in [0.25, 0.3) is 0 Å². The molecule has 1 aromatic rings. The Morgan fingerprint density at radius 1 is 1.35 bits per heavy atom. The van der Waals surface area contributed by atoms with Crippen LogP contribution >= 0.6 is 0 Å². The SMILES string of the molecule is C/C=C/C(=O)[C@H](C)OCc1ccc(OC)cc1. The maximum atomic E-state index is 11.4. The standard InChI is InChI=1S/C14H18O3/c1-4-5-14(15)11(2)17-10-12-6-8-13(16-3)9-7-12/h4-9,11H,10H2,1-3H3/b5-4+/t11-/m0/s1. The minimum atomic E-state index is -0.409. The average Bonchev–Trinajstić information content (AvgIpc) is 2.36. The summed E-state index contributed by atoms with van der Waals surface area (Å²) < 4.78 is 10.5. The number of hydrogen-bond donors (Lipinski definition) is 0. The van der Waals surface area contributed by atoms with E-state index in [1.165, 1.54) is 6.08 Å². The Kier molecular flexibility index (Phi) is 5.43. The predicted molar refractivity (Wildman–Crippen MR) is 67.1 cm³/mol. The highest BCUT2D eigenvalue weighted by Gasteiger charge is 2.09. The van der Waals surface area contributed by atoms with E-state index in [1.54, 1.807) is 20.1 Å². The lowest BCUT2D eigenvalue weighted by atomic mass is 10.2. The molecule has 1 rings (SSSR count). The predicted octanol–water partition coefficient (Wildman–Crippen LogP) is 2.75. The van der Waals surface area contributed by atoms with Gasteiger partial charge >= 0.3 is 0 Å². The summed E-state index contributed by atoms with van der Waals surface area (Å²) >= 11 is 0. The van der Waals surface area contributed by atoms with Crippen LogP contribution in [0.4, 0.5) is 0 Å². The number of benzene rings is 1. The largest absolute Gasteiger partial charge is 0.497 e. The number of hydrogen-bond acceptors (Lipinski definition) is 3. The van der Waals surface area contributed by atoms with E-state index in [4.69, 9.17) is 9.47 Å². The second-order valence-electron chi connectivity index (χ2n) is 3.70. The normalized spacial score (nSPS) is 12.6. The van der Waals surface area contributed by atoms with Gasteiger partial charge in [-0.3, -0.25) is 4.79 Å². The zero-order valence-electron chi connectivity index (χ0n) is 10.5. The van der Waals surface area contributed by atoms with Crippen LogP contribution in [0.1, 0.15) is 19.4 Å². The van der Waals surface area contributed by atoms with Gasteiger partial charge in [-0.1, -0.05) is 18.2 Å². The summed E-state index contributed by atoms with van der Waals surface area (Å²) in [5.74, 6) is 0.799. The molecule has 0 saturated heterocycles. The molecule has 0 N–H and O–H groups in total. The van der Waals surface area contributed by atoms with Gasteiger partial charge in [0.15, 0.2) is 5.78 Å². The number of carbonyl (C=O) groups excluding carboxylic acids is 1. The quantitative estimate of drug-likeness (QED) is 0.710. The van der Waals surface area contributed by atoms with Gasteiger partial charge in [0, 0.05) is 0 Å². The van der Waals surface area contributed by atoms with E-state index in [9.17, 15) is 4.79 Å². The summed E-state index contributed by atoms with van der Waals surface area (Å²) in [6.45, 7) is 3.99. The summed E-state index contributed by atoms with van der Waals surface area (Å²) in [6.07, 6.45) is 2.84. The van der Waals surface area contributed by atoms with E-state index in [2.05, 4.69) is 0 Å². The van der Waals surface area contributed by atoms with Gasteiger partial charge in [-0.25, -0.2) is 0 Å². The van der Waals surface area contributed by atoms with Gasteiger partial charge in [0.1, 0.15) is 11.9 Å². The minimum Gasteiger partial charge on any atom is -0.497 e. The smallest absolute Gasteiger partial charge is 0.183 e. The van der Waals surface area contributed by atoms with Crippen LogP contribution < -0.4 is 4.74 Å². The van der Waals surface area contributed by atoms with Crippen molar-refractivity contribution in [3.8, 4) is 5.75 Å². The molecular formula is C14H18O3. The zero-order valence-corrected chi connectivity index (χ0v) is 10.5. The van der Waals surface area contributed by atoms with Crippen LogP contribution in [0.3, 0.4) is 0 Å². The molecular weight excluding hydrogens is 216 g/mol. The molecule has 0 saturated carbocycles. The molecule has 92 valence electrons. The van der Waals surface area contributed by atoms with Crippen LogP contribution in [-0.2, 0) is 16.1 Å². The van der Waals surface area contributed by atoms with Crippen LogP contribution in [0.2, 0.25) is 0 Å². The van der Waals surface area contributed by atoms with E-state index in [0.29, 0.717) is 6.61 Å². The van der Waals surface area contributed by atoms with Crippen LogP contribution in [0.25, 0.3) is 0 Å². The first-order valence-electron chi connectivity index (χ1n) is 5.58. The lowest BCUT2D eigenvalue weighted by molar-refractivity contribution is -0.125. The van der Waals surface area contributed by atoms with Crippen molar-refractivity contribution >= 4 is 5.78 Å².